The van der Waals surface area contributed by atoms with Gasteiger partial charge in [0.25, 0.3) is 0 Å². The van der Waals surface area contributed by atoms with Crippen LogP contribution in [0, 0.1) is 5.92 Å². The Morgan fingerprint density at radius 3 is 2.41 bits per heavy atom. The van der Waals surface area contributed by atoms with E-state index in [0.29, 0.717) is 31.6 Å². The second kappa shape index (κ2) is 8.41. The molecular formula is C20H28N4O3. The quantitative estimate of drug-likeness (QED) is 0.840. The molecule has 0 radical (unpaired) electrons. The number of H-pyrrole nitrogens is 2. The molecule has 7 nitrogen and oxygen atoms in total. The van der Waals surface area contributed by atoms with Crippen LogP contribution in [-0.4, -0.2) is 57.8 Å². The van der Waals surface area contributed by atoms with Crippen LogP contribution in [0.5, 0.6) is 0 Å². The number of hydrogen-bond acceptors (Lipinski definition) is 3. The molecule has 2 amide bonds. The Labute approximate surface area is 158 Å². The van der Waals surface area contributed by atoms with E-state index < -0.39 is 0 Å². The largest absolute Gasteiger partial charge is 0.341 e. The van der Waals surface area contributed by atoms with Crippen molar-refractivity contribution in [3.8, 4) is 0 Å². The second-order valence-electron chi connectivity index (χ2n) is 7.21. The molecular weight excluding hydrogens is 344 g/mol. The van der Waals surface area contributed by atoms with Crippen molar-refractivity contribution in [3.05, 3.63) is 34.2 Å². The van der Waals surface area contributed by atoms with Crippen molar-refractivity contribution in [1.82, 2.24) is 19.8 Å². The minimum absolute atomic E-state index is 0.0593. The summed E-state index contributed by atoms with van der Waals surface area (Å²) in [5.74, 6) is 0.364. The van der Waals surface area contributed by atoms with Crippen molar-refractivity contribution in [1.29, 1.82) is 0 Å². The summed E-state index contributed by atoms with van der Waals surface area (Å²) in [6, 6.07) is 5.52. The van der Waals surface area contributed by atoms with Crippen LogP contribution in [0.3, 0.4) is 0 Å². The molecule has 2 heterocycles. The number of benzene rings is 1. The van der Waals surface area contributed by atoms with Crippen molar-refractivity contribution in [2.45, 2.75) is 39.5 Å². The lowest BCUT2D eigenvalue weighted by Gasteiger charge is -2.25. The van der Waals surface area contributed by atoms with Gasteiger partial charge in [-0.1, -0.05) is 19.9 Å². The zero-order chi connectivity index (χ0) is 19.4. The van der Waals surface area contributed by atoms with E-state index in [0.717, 1.165) is 36.9 Å². The van der Waals surface area contributed by atoms with Crippen molar-refractivity contribution in [2.75, 3.05) is 26.2 Å². The number of imidazole rings is 1. The smallest absolute Gasteiger partial charge is 0.323 e. The SMILES string of the molecule is CCC(CC)C(=O)N1CCCN(C(=O)Cc2ccc3[nH]c(=O)[nH]c3c2)CC1. The molecule has 0 atom stereocenters. The molecule has 1 saturated heterocycles. The molecule has 0 unspecified atom stereocenters. The number of amides is 2. The lowest BCUT2D eigenvalue weighted by Crippen LogP contribution is -2.40. The van der Waals surface area contributed by atoms with Gasteiger partial charge in [-0.25, -0.2) is 4.79 Å². The molecule has 2 aromatic rings. The molecule has 0 aliphatic carbocycles. The van der Waals surface area contributed by atoms with Gasteiger partial charge in [0.1, 0.15) is 0 Å². The number of aromatic nitrogens is 2. The Kier molecular flexibility index (Phi) is 5.98. The van der Waals surface area contributed by atoms with E-state index in [1.165, 1.54) is 0 Å². The van der Waals surface area contributed by atoms with Gasteiger partial charge in [-0.3, -0.25) is 9.59 Å². The number of aromatic amines is 2. The topological polar surface area (TPSA) is 89.3 Å². The number of carbonyl (C=O) groups is 2. The van der Waals surface area contributed by atoms with Crippen molar-refractivity contribution < 1.29 is 9.59 Å². The first-order chi connectivity index (χ1) is 13.0. The third-order valence-corrected chi connectivity index (χ3v) is 5.43. The van der Waals surface area contributed by atoms with Gasteiger partial charge in [0, 0.05) is 32.1 Å². The first-order valence-electron chi connectivity index (χ1n) is 9.79. The molecule has 0 bridgehead atoms. The number of nitrogens with zero attached hydrogens (tertiary/aromatic N) is 2. The highest BCUT2D eigenvalue weighted by molar-refractivity contribution is 5.82. The van der Waals surface area contributed by atoms with Crippen molar-refractivity contribution >= 4 is 22.8 Å². The van der Waals surface area contributed by atoms with Gasteiger partial charge in [0.15, 0.2) is 0 Å². The lowest BCUT2D eigenvalue weighted by atomic mass is 10.0. The summed E-state index contributed by atoms with van der Waals surface area (Å²) < 4.78 is 0. The summed E-state index contributed by atoms with van der Waals surface area (Å²) in [7, 11) is 0. The van der Waals surface area contributed by atoms with Crippen LogP contribution < -0.4 is 5.69 Å². The fourth-order valence-electron chi connectivity index (χ4n) is 3.76. The van der Waals surface area contributed by atoms with Gasteiger partial charge in [-0.2, -0.15) is 0 Å². The molecule has 2 N–H and O–H groups in total. The fraction of sp³-hybridized carbons (Fsp3) is 0.550. The van der Waals surface area contributed by atoms with Gasteiger partial charge in [-0.15, -0.1) is 0 Å². The molecule has 3 rings (SSSR count). The summed E-state index contributed by atoms with van der Waals surface area (Å²) in [5.41, 5.74) is 2.07. The highest BCUT2D eigenvalue weighted by atomic mass is 16.2. The van der Waals surface area contributed by atoms with E-state index >= 15 is 0 Å². The molecule has 1 fully saturated rings. The summed E-state index contributed by atoms with van der Waals surface area (Å²) in [6.45, 7) is 6.67. The Morgan fingerprint density at radius 1 is 1.00 bits per heavy atom. The fourth-order valence-corrected chi connectivity index (χ4v) is 3.76. The van der Waals surface area contributed by atoms with Crippen LogP contribution >= 0.6 is 0 Å². The first kappa shape index (κ1) is 19.2. The van der Waals surface area contributed by atoms with E-state index in [9.17, 15) is 14.4 Å². The van der Waals surface area contributed by atoms with E-state index in [2.05, 4.69) is 9.97 Å². The summed E-state index contributed by atoms with van der Waals surface area (Å²) in [6.07, 6.45) is 2.82. The van der Waals surface area contributed by atoms with Gasteiger partial charge in [-0.05, 0) is 37.0 Å². The van der Waals surface area contributed by atoms with Gasteiger partial charge in [0.2, 0.25) is 11.8 Å². The molecule has 1 aromatic heterocycles. The number of hydrogen-bond donors (Lipinski definition) is 2. The molecule has 0 spiro atoms. The minimum Gasteiger partial charge on any atom is -0.341 e. The Morgan fingerprint density at radius 2 is 1.67 bits per heavy atom. The van der Waals surface area contributed by atoms with Gasteiger partial charge >= 0.3 is 5.69 Å². The predicted molar refractivity (Wildman–Crippen MR) is 104 cm³/mol. The van der Waals surface area contributed by atoms with Crippen molar-refractivity contribution in [3.63, 3.8) is 0 Å². The van der Waals surface area contributed by atoms with E-state index in [1.807, 2.05) is 41.8 Å². The summed E-state index contributed by atoms with van der Waals surface area (Å²) in [5, 5.41) is 0. The Balaban J connectivity index is 1.61. The van der Waals surface area contributed by atoms with E-state index in [4.69, 9.17) is 0 Å². The normalized spacial score (nSPS) is 15.4. The molecule has 27 heavy (non-hydrogen) atoms. The second-order valence-corrected chi connectivity index (χ2v) is 7.21. The number of rotatable bonds is 5. The summed E-state index contributed by atoms with van der Waals surface area (Å²) in [4.78, 5) is 45.9. The maximum Gasteiger partial charge on any atom is 0.323 e. The molecule has 146 valence electrons. The van der Waals surface area contributed by atoms with Crippen molar-refractivity contribution in [2.24, 2.45) is 5.92 Å². The zero-order valence-corrected chi connectivity index (χ0v) is 16.1. The standard InChI is InChI=1S/C20H28N4O3/c1-3-15(4-2)19(26)24-9-5-8-23(10-11-24)18(25)13-14-6-7-16-17(12-14)22-20(27)21-16/h6-7,12,15H,3-5,8-11,13H2,1-2H3,(H2,21,22,27). The zero-order valence-electron chi connectivity index (χ0n) is 16.1. The minimum atomic E-state index is -0.247. The number of nitrogens with one attached hydrogen (secondary N) is 2. The van der Waals surface area contributed by atoms with E-state index in [1.54, 1.807) is 0 Å². The average molecular weight is 372 g/mol. The maximum atomic E-state index is 12.7. The van der Waals surface area contributed by atoms with Crippen LogP contribution in [-0.2, 0) is 16.0 Å². The predicted octanol–water partition coefficient (Wildman–Crippen LogP) is 1.90. The molecule has 1 aromatic carbocycles. The monoisotopic (exact) mass is 372 g/mol. The van der Waals surface area contributed by atoms with E-state index in [-0.39, 0.29) is 23.4 Å². The highest BCUT2D eigenvalue weighted by Crippen LogP contribution is 2.16. The summed E-state index contributed by atoms with van der Waals surface area (Å²) >= 11 is 0. The van der Waals surface area contributed by atoms with Crippen LogP contribution in [0.25, 0.3) is 11.0 Å². The Hall–Kier alpha value is -2.57. The molecule has 1 aliphatic heterocycles. The maximum absolute atomic E-state index is 12.7. The average Bonchev–Trinajstić information content (AvgIpc) is 2.86. The number of carbonyl (C=O) groups excluding carboxylic acids is 2. The van der Waals surface area contributed by atoms with Crippen LogP contribution in [0.15, 0.2) is 23.0 Å². The Bertz CT molecular complexity index is 865. The first-order valence-corrected chi connectivity index (χ1v) is 9.79. The van der Waals surface area contributed by atoms with Gasteiger partial charge in [0.05, 0.1) is 17.5 Å². The molecule has 0 saturated carbocycles. The van der Waals surface area contributed by atoms with Crippen LogP contribution in [0.1, 0.15) is 38.7 Å². The molecule has 1 aliphatic rings. The third kappa shape index (κ3) is 4.40. The lowest BCUT2D eigenvalue weighted by molar-refractivity contribution is -0.136. The molecule has 7 heteroatoms. The highest BCUT2D eigenvalue weighted by Gasteiger charge is 2.25. The van der Waals surface area contributed by atoms with Crippen LogP contribution in [0.2, 0.25) is 0 Å². The number of fused-ring (bicyclic) bond motifs is 1. The third-order valence-electron chi connectivity index (χ3n) is 5.43. The van der Waals surface area contributed by atoms with Gasteiger partial charge < -0.3 is 19.8 Å². The van der Waals surface area contributed by atoms with Crippen LogP contribution in [0.4, 0.5) is 0 Å².